The molecule has 0 saturated carbocycles. The topological polar surface area (TPSA) is 110 Å². The van der Waals surface area contributed by atoms with Crippen LogP contribution in [0.2, 0.25) is 0 Å². The predicted octanol–water partition coefficient (Wildman–Crippen LogP) is 4.16. The fourth-order valence-corrected chi connectivity index (χ4v) is 3.71. The Morgan fingerprint density at radius 3 is 2.93 bits per heavy atom. The molecule has 9 heteroatoms. The highest BCUT2D eigenvalue weighted by molar-refractivity contribution is 7.18. The molecule has 0 atom stereocenters. The van der Waals surface area contributed by atoms with E-state index in [1.807, 2.05) is 6.07 Å². The molecule has 0 aliphatic rings. The van der Waals surface area contributed by atoms with E-state index < -0.39 is 4.92 Å². The zero-order chi connectivity index (χ0) is 18.8. The number of nitro groups is 1. The molecular formula is C18H16N6O2S. The van der Waals surface area contributed by atoms with Crippen LogP contribution in [0.4, 0.5) is 11.5 Å². The zero-order valence-electron chi connectivity index (χ0n) is 14.5. The number of rotatable bonds is 6. The molecule has 1 aromatic carbocycles. The average Bonchev–Trinajstić information content (AvgIpc) is 3.35. The Labute approximate surface area is 158 Å². The average molecular weight is 380 g/mol. The lowest BCUT2D eigenvalue weighted by Gasteiger charge is -2.08. The summed E-state index contributed by atoms with van der Waals surface area (Å²) < 4.78 is 0. The second-order valence-corrected chi connectivity index (χ2v) is 7.01. The third-order valence-electron chi connectivity index (χ3n) is 4.08. The first-order chi connectivity index (χ1) is 13.1. The third-order valence-corrected chi connectivity index (χ3v) is 5.26. The number of imidazole rings is 1. The molecule has 27 heavy (non-hydrogen) atoms. The van der Waals surface area contributed by atoms with E-state index in [-0.39, 0.29) is 5.69 Å². The van der Waals surface area contributed by atoms with E-state index in [9.17, 15) is 10.1 Å². The van der Waals surface area contributed by atoms with Gasteiger partial charge >= 0.3 is 0 Å². The van der Waals surface area contributed by atoms with E-state index in [4.69, 9.17) is 0 Å². The van der Waals surface area contributed by atoms with E-state index in [2.05, 4.69) is 38.2 Å². The predicted molar refractivity (Wildman–Crippen MR) is 105 cm³/mol. The highest BCUT2D eigenvalue weighted by atomic mass is 32.1. The van der Waals surface area contributed by atoms with Crippen LogP contribution in [0.5, 0.6) is 0 Å². The first kappa shape index (κ1) is 17.1. The summed E-state index contributed by atoms with van der Waals surface area (Å²) >= 11 is 1.63. The monoisotopic (exact) mass is 380 g/mol. The first-order valence-electron chi connectivity index (χ1n) is 8.41. The minimum atomic E-state index is -0.395. The molecule has 0 unspecified atom stereocenters. The van der Waals surface area contributed by atoms with Crippen molar-refractivity contribution in [1.82, 2.24) is 19.9 Å². The van der Waals surface area contributed by atoms with E-state index in [1.165, 1.54) is 10.9 Å². The van der Waals surface area contributed by atoms with E-state index in [0.29, 0.717) is 24.0 Å². The highest BCUT2D eigenvalue weighted by Gasteiger charge is 2.14. The van der Waals surface area contributed by atoms with Crippen LogP contribution in [-0.4, -0.2) is 24.9 Å². The molecule has 136 valence electrons. The van der Waals surface area contributed by atoms with Gasteiger partial charge in [0.1, 0.15) is 10.6 Å². The van der Waals surface area contributed by atoms with E-state index >= 15 is 0 Å². The number of nitro benzene ring substituents is 1. The third kappa shape index (κ3) is 3.49. The molecule has 3 aromatic heterocycles. The molecule has 4 rings (SSSR count). The van der Waals surface area contributed by atoms with Crippen molar-refractivity contribution in [3.05, 3.63) is 63.3 Å². The van der Waals surface area contributed by atoms with Crippen molar-refractivity contribution in [2.24, 2.45) is 0 Å². The number of aryl methyl sites for hydroxylation is 1. The lowest BCUT2D eigenvalue weighted by Crippen LogP contribution is -2.04. The first-order valence-corrected chi connectivity index (χ1v) is 9.23. The standard InChI is InChI=1S/C18H16N6O2S/c1-2-13-9-14-15(21-10-11-4-3-5-12(8-11)24(25)26)22-17(23-18(14)27-13)16-19-6-7-20-16/h3-9H,2,10H2,1H3,(H,19,20)(H,21,22,23). The van der Waals surface area contributed by atoms with Gasteiger partial charge < -0.3 is 10.3 Å². The molecule has 0 aliphatic heterocycles. The summed E-state index contributed by atoms with van der Waals surface area (Å²) in [6.45, 7) is 2.52. The number of non-ortho nitro benzene ring substituents is 1. The molecule has 0 fully saturated rings. The summed E-state index contributed by atoms with van der Waals surface area (Å²) in [7, 11) is 0. The van der Waals surface area contributed by atoms with Crippen LogP contribution in [0.1, 0.15) is 17.4 Å². The van der Waals surface area contributed by atoms with Crippen LogP contribution >= 0.6 is 11.3 Å². The maximum absolute atomic E-state index is 11.0. The molecule has 3 heterocycles. The smallest absolute Gasteiger partial charge is 0.269 e. The van der Waals surface area contributed by atoms with Crippen molar-refractivity contribution in [3.8, 4) is 11.6 Å². The number of hydrogen-bond donors (Lipinski definition) is 2. The Bertz CT molecular complexity index is 1110. The van der Waals surface area contributed by atoms with Gasteiger partial charge in [0.25, 0.3) is 5.69 Å². The van der Waals surface area contributed by atoms with Gasteiger partial charge in [0.15, 0.2) is 11.6 Å². The number of anilines is 1. The van der Waals surface area contributed by atoms with Crippen molar-refractivity contribution in [3.63, 3.8) is 0 Å². The van der Waals surface area contributed by atoms with Gasteiger partial charge in [-0.05, 0) is 18.1 Å². The Balaban J connectivity index is 1.70. The molecule has 0 bridgehead atoms. The van der Waals surface area contributed by atoms with Gasteiger partial charge in [-0.15, -0.1) is 11.3 Å². The van der Waals surface area contributed by atoms with Crippen molar-refractivity contribution in [2.75, 3.05) is 5.32 Å². The second kappa shape index (κ2) is 7.12. The van der Waals surface area contributed by atoms with Gasteiger partial charge in [-0.1, -0.05) is 19.1 Å². The van der Waals surface area contributed by atoms with Gasteiger partial charge in [0.05, 0.1) is 10.3 Å². The van der Waals surface area contributed by atoms with Crippen molar-refractivity contribution < 1.29 is 4.92 Å². The summed E-state index contributed by atoms with van der Waals surface area (Å²) in [4.78, 5) is 29.2. The molecule has 0 spiro atoms. The quantitative estimate of drug-likeness (QED) is 0.384. The number of benzene rings is 1. The van der Waals surface area contributed by atoms with Gasteiger partial charge in [-0.2, -0.15) is 0 Å². The Morgan fingerprint density at radius 1 is 1.30 bits per heavy atom. The highest BCUT2D eigenvalue weighted by Crippen LogP contribution is 2.31. The molecule has 2 N–H and O–H groups in total. The fraction of sp³-hybridized carbons (Fsp3) is 0.167. The minimum Gasteiger partial charge on any atom is -0.365 e. The molecule has 0 radical (unpaired) electrons. The lowest BCUT2D eigenvalue weighted by molar-refractivity contribution is -0.384. The Hall–Kier alpha value is -3.33. The molecule has 0 aliphatic carbocycles. The fourth-order valence-electron chi connectivity index (χ4n) is 2.74. The van der Waals surface area contributed by atoms with Crippen LogP contribution in [0.25, 0.3) is 21.9 Å². The van der Waals surface area contributed by atoms with E-state index in [1.54, 1.807) is 35.9 Å². The Kier molecular flexibility index (Phi) is 4.51. The summed E-state index contributed by atoms with van der Waals surface area (Å²) in [5.41, 5.74) is 0.878. The summed E-state index contributed by atoms with van der Waals surface area (Å²) in [5.74, 6) is 1.80. The number of nitrogens with one attached hydrogen (secondary N) is 2. The van der Waals surface area contributed by atoms with Gasteiger partial charge in [-0.25, -0.2) is 15.0 Å². The summed E-state index contributed by atoms with van der Waals surface area (Å²) in [6.07, 6.45) is 4.30. The minimum absolute atomic E-state index is 0.0715. The lowest BCUT2D eigenvalue weighted by atomic mass is 10.2. The molecule has 4 aromatic rings. The van der Waals surface area contributed by atoms with Gasteiger partial charge in [0.2, 0.25) is 0 Å². The second-order valence-electron chi connectivity index (χ2n) is 5.90. The van der Waals surface area contributed by atoms with Crippen molar-refractivity contribution in [2.45, 2.75) is 19.9 Å². The SMILES string of the molecule is CCc1cc2c(NCc3cccc([N+](=O)[O-])c3)nc(-c3ncc[nH]3)nc2s1. The summed E-state index contributed by atoms with van der Waals surface area (Å²) in [5, 5.41) is 15.2. The number of H-pyrrole nitrogens is 1. The van der Waals surface area contributed by atoms with Crippen molar-refractivity contribution >= 4 is 33.1 Å². The number of aromatic nitrogens is 4. The maximum Gasteiger partial charge on any atom is 0.269 e. The molecular weight excluding hydrogens is 364 g/mol. The maximum atomic E-state index is 11.0. The van der Waals surface area contributed by atoms with E-state index in [0.717, 1.165) is 22.2 Å². The van der Waals surface area contributed by atoms with Crippen LogP contribution in [0.15, 0.2) is 42.7 Å². The van der Waals surface area contributed by atoms with Gasteiger partial charge in [0, 0.05) is 35.9 Å². The number of thiophene rings is 1. The normalized spacial score (nSPS) is 11.0. The number of hydrogen-bond acceptors (Lipinski definition) is 7. The zero-order valence-corrected chi connectivity index (χ0v) is 15.3. The largest absolute Gasteiger partial charge is 0.365 e. The van der Waals surface area contributed by atoms with Crippen molar-refractivity contribution in [1.29, 1.82) is 0 Å². The number of aromatic amines is 1. The molecule has 0 amide bonds. The summed E-state index contributed by atoms with van der Waals surface area (Å²) in [6, 6.07) is 8.65. The van der Waals surface area contributed by atoms with Crippen LogP contribution in [0.3, 0.4) is 0 Å². The Morgan fingerprint density at radius 2 is 2.19 bits per heavy atom. The van der Waals surface area contributed by atoms with Crippen LogP contribution in [-0.2, 0) is 13.0 Å². The molecule has 0 saturated heterocycles. The van der Waals surface area contributed by atoms with Crippen LogP contribution < -0.4 is 5.32 Å². The number of fused-ring (bicyclic) bond motifs is 1. The van der Waals surface area contributed by atoms with Gasteiger partial charge in [-0.3, -0.25) is 10.1 Å². The molecule has 8 nitrogen and oxygen atoms in total. The van der Waals surface area contributed by atoms with Crippen LogP contribution in [0, 0.1) is 10.1 Å². The number of nitrogens with zero attached hydrogens (tertiary/aromatic N) is 4.